The van der Waals surface area contributed by atoms with Crippen LogP contribution in [0, 0.1) is 0 Å². The van der Waals surface area contributed by atoms with Crippen LogP contribution in [-0.2, 0) is 0 Å². The van der Waals surface area contributed by atoms with Gasteiger partial charge in [-0.2, -0.15) is 5.10 Å². The molecule has 0 fully saturated rings. The number of amides is 1. The van der Waals surface area contributed by atoms with Crippen molar-refractivity contribution >= 4 is 39.1 Å². The van der Waals surface area contributed by atoms with Crippen LogP contribution in [0.3, 0.4) is 0 Å². The van der Waals surface area contributed by atoms with Gasteiger partial charge in [-0.1, -0.05) is 25.4 Å². The molecule has 1 aromatic carbocycles. The lowest BCUT2D eigenvalue weighted by atomic mass is 10.1. The summed E-state index contributed by atoms with van der Waals surface area (Å²) in [5.74, 6) is 0.936. The molecule has 134 valence electrons. The van der Waals surface area contributed by atoms with Gasteiger partial charge in [0.2, 0.25) is 5.88 Å². The van der Waals surface area contributed by atoms with Crippen molar-refractivity contribution in [2.45, 2.75) is 19.8 Å². The average Bonchev–Trinajstić information content (AvgIpc) is 3.00. The van der Waals surface area contributed by atoms with Gasteiger partial charge in [0, 0.05) is 11.1 Å². The van der Waals surface area contributed by atoms with Crippen molar-refractivity contribution in [2.75, 3.05) is 5.32 Å². The molecule has 0 unspecified atom stereocenters. The van der Waals surface area contributed by atoms with E-state index in [1.165, 1.54) is 6.20 Å². The molecular formula is C18H16BrClN4O2. The van der Waals surface area contributed by atoms with E-state index in [0.29, 0.717) is 32.5 Å². The van der Waals surface area contributed by atoms with E-state index in [1.807, 2.05) is 13.8 Å². The summed E-state index contributed by atoms with van der Waals surface area (Å²) in [4.78, 5) is 16.6. The van der Waals surface area contributed by atoms with Crippen molar-refractivity contribution in [3.8, 4) is 11.6 Å². The van der Waals surface area contributed by atoms with Crippen molar-refractivity contribution in [3.63, 3.8) is 0 Å². The Kier molecular flexibility index (Phi) is 5.58. The Morgan fingerprint density at radius 1 is 1.23 bits per heavy atom. The van der Waals surface area contributed by atoms with Crippen molar-refractivity contribution in [3.05, 3.63) is 63.5 Å². The molecule has 0 spiro atoms. The quantitative estimate of drug-likeness (QED) is 0.563. The minimum absolute atomic E-state index is 0.226. The first-order valence-electron chi connectivity index (χ1n) is 7.88. The molecule has 3 aromatic rings. The highest BCUT2D eigenvalue weighted by Gasteiger charge is 2.19. The zero-order valence-corrected chi connectivity index (χ0v) is 16.4. The van der Waals surface area contributed by atoms with E-state index < -0.39 is 0 Å². The minimum atomic E-state index is -0.326. The lowest BCUT2D eigenvalue weighted by Gasteiger charge is -2.07. The first-order valence-corrected chi connectivity index (χ1v) is 9.05. The van der Waals surface area contributed by atoms with Crippen LogP contribution < -0.4 is 10.1 Å². The number of pyridine rings is 1. The number of hydrogen-bond acceptors (Lipinski definition) is 4. The molecule has 26 heavy (non-hydrogen) atoms. The van der Waals surface area contributed by atoms with E-state index in [9.17, 15) is 4.79 Å². The molecule has 8 heteroatoms. The molecule has 0 aliphatic rings. The summed E-state index contributed by atoms with van der Waals surface area (Å²) in [6.07, 6.45) is 1.52. The van der Waals surface area contributed by atoms with Crippen LogP contribution in [0.4, 0.5) is 5.69 Å². The summed E-state index contributed by atoms with van der Waals surface area (Å²) in [7, 11) is 0. The fourth-order valence-electron chi connectivity index (χ4n) is 2.20. The predicted octanol–water partition coefficient (Wildman–Crippen LogP) is 5.39. The second-order valence-electron chi connectivity index (χ2n) is 5.85. The van der Waals surface area contributed by atoms with Gasteiger partial charge in [-0.05, 0) is 52.2 Å². The molecule has 0 bridgehead atoms. The Bertz CT molecular complexity index is 908. The normalized spacial score (nSPS) is 10.8. The van der Waals surface area contributed by atoms with E-state index in [-0.39, 0.29) is 11.8 Å². The fourth-order valence-corrected chi connectivity index (χ4v) is 3.14. The number of carbonyl (C=O) groups is 1. The second kappa shape index (κ2) is 7.88. The Labute approximate surface area is 164 Å². The maximum atomic E-state index is 12.4. The molecular weight excluding hydrogens is 420 g/mol. The molecule has 0 saturated carbocycles. The molecule has 3 rings (SSSR count). The molecule has 0 radical (unpaired) electrons. The molecule has 0 atom stereocenters. The monoisotopic (exact) mass is 434 g/mol. The Hall–Kier alpha value is -2.38. The largest absolute Gasteiger partial charge is 0.439 e. The smallest absolute Gasteiger partial charge is 0.277 e. The predicted molar refractivity (Wildman–Crippen MR) is 104 cm³/mol. The van der Waals surface area contributed by atoms with E-state index in [4.69, 9.17) is 16.3 Å². The fraction of sp³-hybridized carbons (Fsp3) is 0.167. The van der Waals surface area contributed by atoms with Crippen molar-refractivity contribution in [1.29, 1.82) is 0 Å². The maximum Gasteiger partial charge on any atom is 0.277 e. The number of nitrogens with one attached hydrogen (secondary N) is 2. The third-order valence-corrected chi connectivity index (χ3v) is 4.61. The number of aromatic amines is 1. The van der Waals surface area contributed by atoms with E-state index in [1.54, 1.807) is 36.4 Å². The van der Waals surface area contributed by atoms with Gasteiger partial charge in [0.05, 0.1) is 22.1 Å². The van der Waals surface area contributed by atoms with Gasteiger partial charge in [0.25, 0.3) is 5.91 Å². The first kappa shape index (κ1) is 18.4. The molecule has 2 N–H and O–H groups in total. The Morgan fingerprint density at radius 3 is 2.54 bits per heavy atom. The molecule has 2 aromatic heterocycles. The van der Waals surface area contributed by atoms with Crippen LogP contribution in [-0.4, -0.2) is 21.1 Å². The highest BCUT2D eigenvalue weighted by atomic mass is 79.9. The zero-order chi connectivity index (χ0) is 18.7. The molecule has 0 saturated heterocycles. The number of anilines is 1. The van der Waals surface area contributed by atoms with Crippen LogP contribution in [0.1, 0.15) is 35.9 Å². The number of ether oxygens (including phenoxy) is 1. The van der Waals surface area contributed by atoms with Crippen LogP contribution >= 0.6 is 27.5 Å². The third-order valence-electron chi connectivity index (χ3n) is 3.56. The average molecular weight is 436 g/mol. The van der Waals surface area contributed by atoms with E-state index in [0.717, 1.165) is 5.69 Å². The molecule has 2 heterocycles. The number of aromatic nitrogens is 3. The zero-order valence-electron chi connectivity index (χ0n) is 14.1. The summed E-state index contributed by atoms with van der Waals surface area (Å²) >= 11 is 9.26. The number of carbonyl (C=O) groups excluding carboxylic acids is 1. The van der Waals surface area contributed by atoms with Gasteiger partial charge in [-0.3, -0.25) is 9.89 Å². The summed E-state index contributed by atoms with van der Waals surface area (Å²) in [6.45, 7) is 4.03. The molecule has 6 nitrogen and oxygen atoms in total. The number of nitrogens with zero attached hydrogens (tertiary/aromatic N) is 2. The third kappa shape index (κ3) is 4.23. The van der Waals surface area contributed by atoms with Gasteiger partial charge in [-0.15, -0.1) is 0 Å². The van der Waals surface area contributed by atoms with E-state index >= 15 is 0 Å². The van der Waals surface area contributed by atoms with Gasteiger partial charge in [-0.25, -0.2) is 4.98 Å². The summed E-state index contributed by atoms with van der Waals surface area (Å²) in [6, 6.07) is 10.4. The lowest BCUT2D eigenvalue weighted by Crippen LogP contribution is -2.13. The van der Waals surface area contributed by atoms with Gasteiger partial charge in [0.15, 0.2) is 5.69 Å². The van der Waals surface area contributed by atoms with Crippen molar-refractivity contribution < 1.29 is 9.53 Å². The topological polar surface area (TPSA) is 79.9 Å². The highest BCUT2D eigenvalue weighted by molar-refractivity contribution is 9.10. The number of rotatable bonds is 5. The molecule has 1 amide bonds. The summed E-state index contributed by atoms with van der Waals surface area (Å²) in [5.41, 5.74) is 1.72. The highest BCUT2D eigenvalue weighted by Crippen LogP contribution is 2.26. The summed E-state index contributed by atoms with van der Waals surface area (Å²) in [5, 5.41) is 10.3. The van der Waals surface area contributed by atoms with Crippen molar-refractivity contribution in [2.24, 2.45) is 0 Å². The summed E-state index contributed by atoms with van der Waals surface area (Å²) < 4.78 is 6.29. The first-order chi connectivity index (χ1) is 12.4. The van der Waals surface area contributed by atoms with Gasteiger partial charge < -0.3 is 10.1 Å². The van der Waals surface area contributed by atoms with Crippen LogP contribution in [0.2, 0.25) is 5.02 Å². The van der Waals surface area contributed by atoms with Crippen LogP contribution in [0.25, 0.3) is 0 Å². The van der Waals surface area contributed by atoms with Crippen LogP contribution in [0.5, 0.6) is 11.6 Å². The number of H-pyrrole nitrogens is 1. The van der Waals surface area contributed by atoms with Crippen LogP contribution in [0.15, 0.2) is 47.1 Å². The van der Waals surface area contributed by atoms with Gasteiger partial charge in [0.1, 0.15) is 5.75 Å². The minimum Gasteiger partial charge on any atom is -0.439 e. The Balaban J connectivity index is 1.67. The van der Waals surface area contributed by atoms with Gasteiger partial charge >= 0.3 is 0 Å². The SMILES string of the molecule is CC(C)c1[nH]nc(C(=O)Nc2ccc(Oc3ccc(Cl)cc3)nc2)c1Br. The van der Waals surface area contributed by atoms with E-state index in [2.05, 4.69) is 36.4 Å². The van der Waals surface area contributed by atoms with Crippen molar-refractivity contribution in [1.82, 2.24) is 15.2 Å². The maximum absolute atomic E-state index is 12.4. The molecule has 0 aliphatic carbocycles. The lowest BCUT2D eigenvalue weighted by molar-refractivity contribution is 0.102. The standard InChI is InChI=1S/C18H16BrClN4O2/c1-10(2)16-15(19)17(24-23-16)18(25)22-12-5-8-14(21-9-12)26-13-6-3-11(20)4-7-13/h3-10H,1-2H3,(H,22,25)(H,23,24). The number of benzene rings is 1. The second-order valence-corrected chi connectivity index (χ2v) is 7.08. The molecule has 0 aliphatic heterocycles. The number of hydrogen-bond donors (Lipinski definition) is 2. The number of halogens is 2. The Morgan fingerprint density at radius 2 is 1.96 bits per heavy atom.